The molecule has 1 aromatic carbocycles. The lowest BCUT2D eigenvalue weighted by atomic mass is 9.85. The summed E-state index contributed by atoms with van der Waals surface area (Å²) in [5.41, 5.74) is 1.47. The summed E-state index contributed by atoms with van der Waals surface area (Å²) in [6, 6.07) is 5.09. The van der Waals surface area contributed by atoms with E-state index in [0.717, 1.165) is 38.8 Å². The molecule has 1 aromatic heterocycles. The Labute approximate surface area is 127 Å². The average Bonchev–Trinajstić information content (AvgIpc) is 3.12. The molecule has 1 unspecified atom stereocenters. The highest BCUT2D eigenvalue weighted by Gasteiger charge is 2.44. The van der Waals surface area contributed by atoms with Gasteiger partial charge in [-0.1, -0.05) is 0 Å². The van der Waals surface area contributed by atoms with E-state index < -0.39 is 5.76 Å². The minimum absolute atomic E-state index is 0.00847. The quantitative estimate of drug-likeness (QED) is 0.873. The Morgan fingerprint density at radius 2 is 2.18 bits per heavy atom. The van der Waals surface area contributed by atoms with E-state index in [1.54, 1.807) is 18.2 Å². The smallest absolute Gasteiger partial charge is 0.408 e. The van der Waals surface area contributed by atoms with Gasteiger partial charge in [0.2, 0.25) is 0 Å². The molecule has 3 heterocycles. The molecule has 2 aromatic rings. The first-order chi connectivity index (χ1) is 10.7. The van der Waals surface area contributed by atoms with Crippen LogP contribution in [0.3, 0.4) is 0 Å². The fourth-order valence-corrected chi connectivity index (χ4v) is 3.66. The highest BCUT2D eigenvalue weighted by molar-refractivity contribution is 5.97. The molecule has 116 valence electrons. The molecular formula is C16H18N2O4. The predicted molar refractivity (Wildman–Crippen MR) is 79.9 cm³/mol. The van der Waals surface area contributed by atoms with Gasteiger partial charge in [-0.2, -0.15) is 0 Å². The zero-order valence-electron chi connectivity index (χ0n) is 12.3. The molecule has 2 saturated heterocycles. The number of hydrogen-bond acceptors (Lipinski definition) is 4. The van der Waals surface area contributed by atoms with Gasteiger partial charge in [-0.05, 0) is 43.9 Å². The van der Waals surface area contributed by atoms with Gasteiger partial charge in [0.1, 0.15) is 0 Å². The van der Waals surface area contributed by atoms with Crippen molar-refractivity contribution in [3.8, 4) is 0 Å². The van der Waals surface area contributed by atoms with Gasteiger partial charge in [-0.15, -0.1) is 0 Å². The summed E-state index contributed by atoms with van der Waals surface area (Å²) >= 11 is 0. The monoisotopic (exact) mass is 302 g/mol. The van der Waals surface area contributed by atoms with Crippen molar-refractivity contribution in [1.29, 1.82) is 0 Å². The van der Waals surface area contributed by atoms with E-state index in [9.17, 15) is 9.59 Å². The van der Waals surface area contributed by atoms with E-state index in [1.165, 1.54) is 0 Å². The lowest BCUT2D eigenvalue weighted by molar-refractivity contribution is 0.0256. The second-order valence-corrected chi connectivity index (χ2v) is 6.17. The van der Waals surface area contributed by atoms with Crippen molar-refractivity contribution in [2.24, 2.45) is 0 Å². The third-order valence-corrected chi connectivity index (χ3v) is 4.84. The third-order valence-electron chi connectivity index (χ3n) is 4.84. The van der Waals surface area contributed by atoms with Crippen LogP contribution in [0.15, 0.2) is 27.4 Å². The maximum atomic E-state index is 13.0. The summed E-state index contributed by atoms with van der Waals surface area (Å²) in [5.74, 6) is -0.493. The number of fused-ring (bicyclic) bond motifs is 1. The van der Waals surface area contributed by atoms with Crippen LogP contribution in [-0.4, -0.2) is 41.1 Å². The maximum Gasteiger partial charge on any atom is 0.417 e. The lowest BCUT2D eigenvalue weighted by Gasteiger charge is -2.44. The Balaban J connectivity index is 1.70. The Hall–Kier alpha value is -2.08. The Bertz CT molecular complexity index is 770. The Morgan fingerprint density at radius 1 is 1.27 bits per heavy atom. The van der Waals surface area contributed by atoms with E-state index in [4.69, 9.17) is 9.15 Å². The Kier molecular flexibility index (Phi) is 3.07. The van der Waals surface area contributed by atoms with E-state index in [-0.39, 0.29) is 11.4 Å². The number of ether oxygens (including phenoxy) is 1. The molecule has 6 heteroatoms. The van der Waals surface area contributed by atoms with Crippen LogP contribution in [-0.2, 0) is 4.74 Å². The molecule has 1 spiro atoms. The number of oxazole rings is 1. The minimum atomic E-state index is -0.502. The number of aromatic nitrogens is 1. The summed E-state index contributed by atoms with van der Waals surface area (Å²) in [7, 11) is 0. The van der Waals surface area contributed by atoms with E-state index in [2.05, 4.69) is 4.98 Å². The number of aromatic amines is 1. The summed E-state index contributed by atoms with van der Waals surface area (Å²) in [4.78, 5) is 28.8. The normalized spacial score (nSPS) is 25.2. The molecule has 1 amide bonds. The summed E-state index contributed by atoms with van der Waals surface area (Å²) in [5, 5.41) is 0. The third kappa shape index (κ3) is 2.06. The van der Waals surface area contributed by atoms with Gasteiger partial charge >= 0.3 is 5.76 Å². The molecule has 0 bridgehead atoms. The first kappa shape index (κ1) is 13.6. The fraction of sp³-hybridized carbons (Fsp3) is 0.500. The number of nitrogens with zero attached hydrogens (tertiary/aromatic N) is 1. The van der Waals surface area contributed by atoms with E-state index in [0.29, 0.717) is 23.3 Å². The lowest BCUT2D eigenvalue weighted by Crippen LogP contribution is -2.55. The van der Waals surface area contributed by atoms with Crippen LogP contribution in [0.1, 0.15) is 36.0 Å². The number of carbonyl (C=O) groups is 1. The first-order valence-corrected chi connectivity index (χ1v) is 7.71. The summed E-state index contributed by atoms with van der Waals surface area (Å²) < 4.78 is 10.6. The number of rotatable bonds is 1. The number of carbonyl (C=O) groups excluding carboxylic acids is 1. The molecule has 4 rings (SSSR count). The molecule has 2 fully saturated rings. The number of likely N-dealkylation sites (tertiary alicyclic amines) is 1. The van der Waals surface area contributed by atoms with E-state index >= 15 is 0 Å². The first-order valence-electron chi connectivity index (χ1n) is 7.71. The number of amides is 1. The van der Waals surface area contributed by atoms with E-state index in [1.807, 2.05) is 4.90 Å². The van der Waals surface area contributed by atoms with Crippen LogP contribution in [0, 0.1) is 0 Å². The number of nitrogens with one attached hydrogen (secondary N) is 1. The zero-order chi connectivity index (χ0) is 15.2. The van der Waals surface area contributed by atoms with Crippen LogP contribution >= 0.6 is 0 Å². The number of piperidine rings is 1. The van der Waals surface area contributed by atoms with Gasteiger partial charge in [0.05, 0.1) is 17.7 Å². The van der Waals surface area contributed by atoms with Gasteiger partial charge < -0.3 is 14.1 Å². The molecule has 6 nitrogen and oxygen atoms in total. The summed E-state index contributed by atoms with van der Waals surface area (Å²) in [6.07, 6.45) is 4.08. The van der Waals surface area contributed by atoms with Crippen LogP contribution in [0.5, 0.6) is 0 Å². The zero-order valence-corrected chi connectivity index (χ0v) is 12.3. The molecule has 0 aliphatic carbocycles. The number of H-pyrrole nitrogens is 1. The SMILES string of the molecule is O=C(c1ccc2oc(=O)[nH]c2c1)N1CCCCC12CCOC2. The largest absolute Gasteiger partial charge is 0.417 e. The van der Waals surface area contributed by atoms with Crippen molar-refractivity contribution >= 4 is 17.0 Å². The standard InChI is InChI=1S/C16H18N2O4/c19-14(11-3-4-13-12(9-11)17-15(20)22-13)18-7-2-1-5-16(18)6-8-21-10-16/h3-4,9H,1-2,5-8,10H2,(H,17,20). The highest BCUT2D eigenvalue weighted by Crippen LogP contribution is 2.36. The van der Waals surface area contributed by atoms with Gasteiger partial charge in [-0.25, -0.2) is 4.79 Å². The molecule has 1 N–H and O–H groups in total. The summed E-state index contributed by atoms with van der Waals surface area (Å²) in [6.45, 7) is 2.11. The van der Waals surface area contributed by atoms with Crippen molar-refractivity contribution in [3.63, 3.8) is 0 Å². The van der Waals surface area contributed by atoms with Crippen molar-refractivity contribution in [2.75, 3.05) is 19.8 Å². The minimum Gasteiger partial charge on any atom is -0.408 e. The predicted octanol–water partition coefficient (Wildman–Crippen LogP) is 1.91. The molecule has 2 aliphatic heterocycles. The van der Waals surface area contributed by atoms with Gasteiger partial charge in [0.25, 0.3) is 5.91 Å². The van der Waals surface area contributed by atoms with Gasteiger partial charge in [0.15, 0.2) is 5.58 Å². The van der Waals surface area contributed by atoms with Gasteiger partial charge in [0, 0.05) is 18.7 Å². The van der Waals surface area contributed by atoms with Crippen molar-refractivity contribution in [2.45, 2.75) is 31.2 Å². The molecular weight excluding hydrogens is 284 g/mol. The Morgan fingerprint density at radius 3 is 3.00 bits per heavy atom. The average molecular weight is 302 g/mol. The molecule has 1 atom stereocenters. The van der Waals surface area contributed by atoms with Crippen LogP contribution in [0.2, 0.25) is 0 Å². The topological polar surface area (TPSA) is 75.5 Å². The number of benzene rings is 1. The highest BCUT2D eigenvalue weighted by atomic mass is 16.5. The van der Waals surface area contributed by atoms with Crippen LogP contribution < -0.4 is 5.76 Å². The maximum absolute atomic E-state index is 13.0. The van der Waals surface area contributed by atoms with Crippen molar-refractivity contribution in [3.05, 3.63) is 34.3 Å². The molecule has 22 heavy (non-hydrogen) atoms. The number of hydrogen-bond donors (Lipinski definition) is 1. The van der Waals surface area contributed by atoms with Crippen LogP contribution in [0.4, 0.5) is 0 Å². The molecule has 2 aliphatic rings. The van der Waals surface area contributed by atoms with Gasteiger partial charge in [-0.3, -0.25) is 9.78 Å². The molecule has 0 saturated carbocycles. The molecule has 0 radical (unpaired) electrons. The second-order valence-electron chi connectivity index (χ2n) is 6.17. The van der Waals surface area contributed by atoms with Crippen molar-refractivity contribution in [1.82, 2.24) is 9.88 Å². The second kappa shape index (κ2) is 4.98. The van der Waals surface area contributed by atoms with Crippen LogP contribution in [0.25, 0.3) is 11.1 Å². The fourth-order valence-electron chi connectivity index (χ4n) is 3.66. The van der Waals surface area contributed by atoms with Crippen molar-refractivity contribution < 1.29 is 13.9 Å².